The molecule has 0 atom stereocenters. The van der Waals surface area contributed by atoms with E-state index >= 15 is 0 Å². The molecule has 3 aromatic rings. The summed E-state index contributed by atoms with van der Waals surface area (Å²) in [6, 6.07) is 8.27. The summed E-state index contributed by atoms with van der Waals surface area (Å²) in [5.74, 6) is -0.00192. The van der Waals surface area contributed by atoms with Crippen LogP contribution in [-0.2, 0) is 18.3 Å². The van der Waals surface area contributed by atoms with Crippen molar-refractivity contribution in [3.05, 3.63) is 51.6 Å². The second-order valence-corrected chi connectivity index (χ2v) is 8.33. The maximum atomic E-state index is 13.0. The summed E-state index contributed by atoms with van der Waals surface area (Å²) in [7, 11) is 1.74. The second kappa shape index (κ2) is 8.42. The molecule has 0 spiro atoms. The number of hydrogen-bond donors (Lipinski definition) is 1. The van der Waals surface area contributed by atoms with E-state index in [-0.39, 0.29) is 23.9 Å². The minimum Gasteiger partial charge on any atom is -0.353 e. The van der Waals surface area contributed by atoms with Gasteiger partial charge in [0.2, 0.25) is 5.91 Å². The fourth-order valence-corrected chi connectivity index (χ4v) is 4.22. The van der Waals surface area contributed by atoms with Gasteiger partial charge in [0.25, 0.3) is 5.56 Å². The molecular weight excluding hydrogens is 378 g/mol. The molecule has 1 fully saturated rings. The average Bonchev–Trinajstić information content (AvgIpc) is 3.07. The first-order valence-electron chi connectivity index (χ1n) is 10.8. The Morgan fingerprint density at radius 2 is 1.83 bits per heavy atom. The third kappa shape index (κ3) is 4.01. The average molecular weight is 408 g/mol. The van der Waals surface area contributed by atoms with Crippen LogP contribution in [0, 0.1) is 13.8 Å². The number of amides is 1. The lowest BCUT2D eigenvalue weighted by Crippen LogP contribution is -2.36. The number of aromatic nitrogens is 4. The van der Waals surface area contributed by atoms with Gasteiger partial charge in [0.05, 0.1) is 11.4 Å². The van der Waals surface area contributed by atoms with Crippen LogP contribution in [0.1, 0.15) is 55.5 Å². The summed E-state index contributed by atoms with van der Waals surface area (Å²) in [5, 5.41) is 7.73. The van der Waals surface area contributed by atoms with Gasteiger partial charge >= 0.3 is 0 Å². The Balaban J connectivity index is 1.59. The Bertz CT molecular complexity index is 1120. The Labute approximate surface area is 176 Å². The first kappa shape index (κ1) is 20.3. The van der Waals surface area contributed by atoms with Gasteiger partial charge in [-0.05, 0) is 38.8 Å². The Hall–Kier alpha value is -2.96. The standard InChI is InChI=1S/C23H29N5O2/c1-15-9-11-18(12-10-15)28-22-21(16(2)26-28)25-19(23(30)27(22)3)13-14-20(29)24-17-7-5-4-6-8-17/h9-12,17H,4-8,13-14H2,1-3H3,(H,24,29). The summed E-state index contributed by atoms with van der Waals surface area (Å²) in [6.07, 6.45) is 6.31. The van der Waals surface area contributed by atoms with E-state index in [9.17, 15) is 9.59 Å². The van der Waals surface area contributed by atoms with Crippen molar-refractivity contribution in [3.63, 3.8) is 0 Å². The highest BCUT2D eigenvalue weighted by Gasteiger charge is 2.19. The zero-order chi connectivity index (χ0) is 21.3. The lowest BCUT2D eigenvalue weighted by Gasteiger charge is -2.22. The van der Waals surface area contributed by atoms with Crippen LogP contribution in [0.2, 0.25) is 0 Å². The molecule has 2 aromatic heterocycles. The molecule has 0 aliphatic heterocycles. The maximum absolute atomic E-state index is 13.0. The first-order valence-corrected chi connectivity index (χ1v) is 10.8. The van der Waals surface area contributed by atoms with Crippen LogP contribution >= 0.6 is 0 Å². The number of carbonyl (C=O) groups is 1. The van der Waals surface area contributed by atoms with Crippen LogP contribution in [0.5, 0.6) is 0 Å². The van der Waals surface area contributed by atoms with E-state index in [1.54, 1.807) is 16.3 Å². The number of nitrogens with one attached hydrogen (secondary N) is 1. The van der Waals surface area contributed by atoms with E-state index in [0.717, 1.165) is 29.8 Å². The molecule has 7 heteroatoms. The molecule has 7 nitrogen and oxygen atoms in total. The lowest BCUT2D eigenvalue weighted by atomic mass is 9.95. The highest BCUT2D eigenvalue weighted by Crippen LogP contribution is 2.20. The number of carbonyl (C=O) groups excluding carboxylic acids is 1. The zero-order valence-corrected chi connectivity index (χ0v) is 17.9. The quantitative estimate of drug-likeness (QED) is 0.705. The molecule has 0 unspecified atom stereocenters. The Kier molecular flexibility index (Phi) is 5.70. The van der Waals surface area contributed by atoms with E-state index in [0.29, 0.717) is 23.3 Å². The molecule has 0 radical (unpaired) electrons. The van der Waals surface area contributed by atoms with Gasteiger partial charge in [0.15, 0.2) is 5.65 Å². The number of aryl methyl sites for hydroxylation is 4. The molecule has 4 rings (SSSR count). The summed E-state index contributed by atoms with van der Waals surface area (Å²) in [6.45, 7) is 3.92. The van der Waals surface area contributed by atoms with Crippen LogP contribution < -0.4 is 10.9 Å². The van der Waals surface area contributed by atoms with Gasteiger partial charge in [-0.3, -0.25) is 14.2 Å². The molecular formula is C23H29N5O2. The van der Waals surface area contributed by atoms with Crippen molar-refractivity contribution < 1.29 is 4.79 Å². The van der Waals surface area contributed by atoms with Gasteiger partial charge in [-0.2, -0.15) is 5.10 Å². The van der Waals surface area contributed by atoms with Crippen molar-refractivity contribution in [2.24, 2.45) is 7.05 Å². The van der Waals surface area contributed by atoms with Gasteiger partial charge in [-0.15, -0.1) is 0 Å². The number of fused-ring (bicyclic) bond motifs is 1. The van der Waals surface area contributed by atoms with Crippen LogP contribution in [0.4, 0.5) is 0 Å². The SMILES string of the molecule is Cc1ccc(-n2nc(C)c3nc(CCC(=O)NC4CCCCC4)c(=O)n(C)c32)cc1. The van der Waals surface area contributed by atoms with Gasteiger partial charge < -0.3 is 5.32 Å². The van der Waals surface area contributed by atoms with E-state index in [2.05, 4.69) is 15.4 Å². The highest BCUT2D eigenvalue weighted by molar-refractivity contribution is 5.77. The number of rotatable bonds is 5. The first-order chi connectivity index (χ1) is 14.4. The minimum atomic E-state index is -0.179. The summed E-state index contributed by atoms with van der Waals surface area (Å²) in [4.78, 5) is 29.9. The largest absolute Gasteiger partial charge is 0.353 e. The summed E-state index contributed by atoms with van der Waals surface area (Å²) < 4.78 is 3.36. The number of hydrogen-bond acceptors (Lipinski definition) is 4. The van der Waals surface area contributed by atoms with Crippen molar-refractivity contribution in [3.8, 4) is 5.69 Å². The second-order valence-electron chi connectivity index (χ2n) is 8.33. The zero-order valence-electron chi connectivity index (χ0n) is 17.9. The minimum absolute atomic E-state index is 0.00192. The maximum Gasteiger partial charge on any atom is 0.273 e. The van der Waals surface area contributed by atoms with E-state index in [4.69, 9.17) is 0 Å². The Morgan fingerprint density at radius 3 is 2.53 bits per heavy atom. The van der Waals surface area contributed by atoms with Gasteiger partial charge in [0.1, 0.15) is 11.2 Å². The van der Waals surface area contributed by atoms with Crippen molar-refractivity contribution in [2.45, 2.75) is 64.8 Å². The summed E-state index contributed by atoms with van der Waals surface area (Å²) >= 11 is 0. The molecule has 1 amide bonds. The van der Waals surface area contributed by atoms with Crippen molar-refractivity contribution in [2.75, 3.05) is 0 Å². The monoisotopic (exact) mass is 407 g/mol. The molecule has 0 saturated heterocycles. The van der Waals surface area contributed by atoms with E-state index < -0.39 is 0 Å². The topological polar surface area (TPSA) is 81.8 Å². The molecule has 1 aromatic carbocycles. The molecule has 158 valence electrons. The third-order valence-electron chi connectivity index (χ3n) is 5.96. The lowest BCUT2D eigenvalue weighted by molar-refractivity contribution is -0.122. The fraction of sp³-hybridized carbons (Fsp3) is 0.478. The third-order valence-corrected chi connectivity index (χ3v) is 5.96. The van der Waals surface area contributed by atoms with Gasteiger partial charge in [-0.1, -0.05) is 37.0 Å². The smallest absolute Gasteiger partial charge is 0.273 e. The molecule has 2 heterocycles. The van der Waals surface area contributed by atoms with Crippen LogP contribution in [0.3, 0.4) is 0 Å². The molecule has 1 saturated carbocycles. The van der Waals surface area contributed by atoms with E-state index in [1.165, 1.54) is 19.3 Å². The van der Waals surface area contributed by atoms with E-state index in [1.807, 2.05) is 38.1 Å². The number of benzene rings is 1. The highest BCUT2D eigenvalue weighted by atomic mass is 16.1. The predicted molar refractivity (Wildman–Crippen MR) is 117 cm³/mol. The molecule has 1 aliphatic rings. The summed E-state index contributed by atoms with van der Waals surface area (Å²) in [5.41, 5.74) is 4.39. The van der Waals surface area contributed by atoms with Gasteiger partial charge in [-0.25, -0.2) is 9.67 Å². The normalized spacial score (nSPS) is 14.9. The Morgan fingerprint density at radius 1 is 1.13 bits per heavy atom. The molecule has 0 bridgehead atoms. The molecule has 1 aliphatic carbocycles. The van der Waals surface area contributed by atoms with Crippen molar-refractivity contribution >= 4 is 17.1 Å². The van der Waals surface area contributed by atoms with Crippen molar-refractivity contribution in [1.29, 1.82) is 0 Å². The fourth-order valence-electron chi connectivity index (χ4n) is 4.22. The predicted octanol–water partition coefficient (Wildman–Crippen LogP) is 3.12. The van der Waals surface area contributed by atoms with Crippen LogP contribution in [0.15, 0.2) is 29.1 Å². The molecule has 1 N–H and O–H groups in total. The van der Waals surface area contributed by atoms with Gasteiger partial charge in [0, 0.05) is 25.9 Å². The van der Waals surface area contributed by atoms with Crippen LogP contribution in [0.25, 0.3) is 16.9 Å². The number of nitrogens with zero attached hydrogens (tertiary/aromatic N) is 4. The van der Waals surface area contributed by atoms with Crippen LogP contribution in [-0.4, -0.2) is 31.3 Å². The van der Waals surface area contributed by atoms with Crippen molar-refractivity contribution in [1.82, 2.24) is 24.6 Å². The molecule has 30 heavy (non-hydrogen) atoms.